The molecule has 0 fully saturated rings. The van der Waals surface area contributed by atoms with Crippen molar-refractivity contribution in [3.05, 3.63) is 35.7 Å². The van der Waals surface area contributed by atoms with Crippen LogP contribution in [0.15, 0.2) is 30.0 Å². The molecule has 3 aromatic heterocycles. The Kier molecular flexibility index (Phi) is 4.75. The van der Waals surface area contributed by atoms with Gasteiger partial charge in [-0.2, -0.15) is 10.2 Å². The largest absolute Gasteiger partial charge is 0.302 e. The maximum Gasteiger partial charge on any atom is 0.228 e. The van der Waals surface area contributed by atoms with Gasteiger partial charge in [-0.25, -0.2) is 4.98 Å². The van der Waals surface area contributed by atoms with Gasteiger partial charge in [0.15, 0.2) is 5.13 Å². The molecule has 0 bridgehead atoms. The quantitative estimate of drug-likeness (QED) is 0.745. The zero-order chi connectivity index (χ0) is 17.1. The summed E-state index contributed by atoms with van der Waals surface area (Å²) in [5, 5.41) is 13.9. The maximum absolute atomic E-state index is 12.2. The number of rotatable bonds is 6. The van der Waals surface area contributed by atoms with Gasteiger partial charge in [0.2, 0.25) is 5.91 Å². The average Bonchev–Trinajstić information content (AvgIpc) is 3.27. The van der Waals surface area contributed by atoms with E-state index in [4.69, 9.17) is 0 Å². The van der Waals surface area contributed by atoms with Crippen LogP contribution in [0.25, 0.3) is 11.3 Å². The molecule has 0 radical (unpaired) electrons. The molecule has 7 nitrogen and oxygen atoms in total. The first kappa shape index (κ1) is 16.4. The summed E-state index contributed by atoms with van der Waals surface area (Å²) in [6.07, 6.45) is 5.73. The van der Waals surface area contributed by atoms with Crippen molar-refractivity contribution >= 4 is 22.4 Å². The SMILES string of the molecule is CCn1ncc(-c2csc(NC(=O)C[C@H](C)n3cccn3)n2)c1C. The van der Waals surface area contributed by atoms with Crippen LogP contribution in [0.2, 0.25) is 0 Å². The van der Waals surface area contributed by atoms with Crippen molar-refractivity contribution in [3.63, 3.8) is 0 Å². The molecule has 8 heteroatoms. The van der Waals surface area contributed by atoms with Crippen molar-refractivity contribution < 1.29 is 4.79 Å². The summed E-state index contributed by atoms with van der Waals surface area (Å²) < 4.78 is 3.70. The van der Waals surface area contributed by atoms with Crippen LogP contribution in [-0.2, 0) is 11.3 Å². The van der Waals surface area contributed by atoms with E-state index in [9.17, 15) is 4.79 Å². The van der Waals surface area contributed by atoms with Crippen LogP contribution in [0.1, 0.15) is 32.0 Å². The van der Waals surface area contributed by atoms with Crippen LogP contribution in [0.4, 0.5) is 5.13 Å². The van der Waals surface area contributed by atoms with Crippen LogP contribution < -0.4 is 5.32 Å². The van der Waals surface area contributed by atoms with E-state index >= 15 is 0 Å². The van der Waals surface area contributed by atoms with Gasteiger partial charge in [-0.3, -0.25) is 14.2 Å². The number of anilines is 1. The van der Waals surface area contributed by atoms with Gasteiger partial charge < -0.3 is 5.32 Å². The van der Waals surface area contributed by atoms with Crippen LogP contribution in [-0.4, -0.2) is 30.5 Å². The first-order chi connectivity index (χ1) is 11.6. The third-order valence-corrected chi connectivity index (χ3v) is 4.64. The summed E-state index contributed by atoms with van der Waals surface area (Å²) in [4.78, 5) is 16.7. The van der Waals surface area contributed by atoms with Crippen molar-refractivity contribution in [2.24, 2.45) is 0 Å². The molecule has 3 heterocycles. The van der Waals surface area contributed by atoms with Gasteiger partial charge in [-0.05, 0) is 26.8 Å². The number of nitrogens with one attached hydrogen (secondary N) is 1. The first-order valence-electron chi connectivity index (χ1n) is 7.85. The Morgan fingerprint density at radius 2 is 2.25 bits per heavy atom. The normalized spacial score (nSPS) is 12.3. The first-order valence-corrected chi connectivity index (χ1v) is 8.73. The molecule has 0 aliphatic heterocycles. The molecule has 24 heavy (non-hydrogen) atoms. The fourth-order valence-corrected chi connectivity index (χ4v) is 3.27. The van der Waals surface area contributed by atoms with Crippen molar-refractivity contribution in [3.8, 4) is 11.3 Å². The van der Waals surface area contributed by atoms with Crippen LogP contribution in [0.5, 0.6) is 0 Å². The summed E-state index contributed by atoms with van der Waals surface area (Å²) >= 11 is 1.42. The third-order valence-electron chi connectivity index (χ3n) is 3.89. The highest BCUT2D eigenvalue weighted by molar-refractivity contribution is 7.14. The minimum absolute atomic E-state index is 0.00413. The van der Waals surface area contributed by atoms with Crippen LogP contribution in [0, 0.1) is 6.92 Å². The number of carbonyl (C=O) groups is 1. The lowest BCUT2D eigenvalue weighted by molar-refractivity contribution is -0.116. The van der Waals surface area contributed by atoms with E-state index in [0.717, 1.165) is 23.5 Å². The van der Waals surface area contributed by atoms with Crippen LogP contribution in [0.3, 0.4) is 0 Å². The lowest BCUT2D eigenvalue weighted by atomic mass is 10.2. The number of aromatic nitrogens is 5. The number of aryl methyl sites for hydroxylation is 1. The van der Waals surface area contributed by atoms with Gasteiger partial charge >= 0.3 is 0 Å². The van der Waals surface area contributed by atoms with Gasteiger partial charge in [0.25, 0.3) is 0 Å². The number of hydrogen-bond donors (Lipinski definition) is 1. The third kappa shape index (κ3) is 3.38. The van der Waals surface area contributed by atoms with E-state index < -0.39 is 0 Å². The van der Waals surface area contributed by atoms with Gasteiger partial charge in [-0.15, -0.1) is 11.3 Å². The molecule has 1 atom stereocenters. The summed E-state index contributed by atoms with van der Waals surface area (Å²) in [5.41, 5.74) is 2.92. The van der Waals surface area contributed by atoms with Crippen molar-refractivity contribution in [1.29, 1.82) is 0 Å². The second kappa shape index (κ2) is 6.96. The summed E-state index contributed by atoms with van der Waals surface area (Å²) in [6, 6.07) is 1.85. The lowest BCUT2D eigenvalue weighted by Gasteiger charge is -2.11. The molecule has 0 aromatic carbocycles. The van der Waals surface area contributed by atoms with E-state index in [1.165, 1.54) is 11.3 Å². The number of thiazole rings is 1. The molecule has 0 aliphatic rings. The second-order valence-corrected chi connectivity index (χ2v) is 6.44. The molecular formula is C16H20N6OS. The Labute approximate surface area is 144 Å². The summed E-state index contributed by atoms with van der Waals surface area (Å²) in [6.45, 7) is 6.86. The van der Waals surface area contributed by atoms with Gasteiger partial charge in [0.05, 0.1) is 17.9 Å². The zero-order valence-corrected chi connectivity index (χ0v) is 14.7. The maximum atomic E-state index is 12.2. The minimum atomic E-state index is -0.0696. The highest BCUT2D eigenvalue weighted by Crippen LogP contribution is 2.27. The Hall–Kier alpha value is -2.48. The molecule has 126 valence electrons. The van der Waals surface area contributed by atoms with Gasteiger partial charge in [0, 0.05) is 42.0 Å². The molecule has 0 spiro atoms. The van der Waals surface area contributed by atoms with E-state index in [2.05, 4.69) is 27.4 Å². The average molecular weight is 344 g/mol. The highest BCUT2D eigenvalue weighted by atomic mass is 32.1. The number of carbonyl (C=O) groups excluding carboxylic acids is 1. The molecular weight excluding hydrogens is 324 g/mol. The molecule has 0 aliphatic carbocycles. The van der Waals surface area contributed by atoms with E-state index in [-0.39, 0.29) is 11.9 Å². The van der Waals surface area contributed by atoms with Crippen molar-refractivity contribution in [2.45, 2.75) is 39.8 Å². The van der Waals surface area contributed by atoms with Crippen molar-refractivity contribution in [2.75, 3.05) is 5.32 Å². The molecule has 1 amide bonds. The van der Waals surface area contributed by atoms with Crippen LogP contribution >= 0.6 is 11.3 Å². The minimum Gasteiger partial charge on any atom is -0.302 e. The smallest absolute Gasteiger partial charge is 0.228 e. The molecule has 3 aromatic rings. The Morgan fingerprint density at radius 3 is 2.92 bits per heavy atom. The lowest BCUT2D eigenvalue weighted by Crippen LogP contribution is -2.17. The fraction of sp³-hybridized carbons (Fsp3) is 0.375. The van der Waals surface area contributed by atoms with E-state index in [0.29, 0.717) is 11.6 Å². The monoisotopic (exact) mass is 344 g/mol. The Bertz CT molecular complexity index is 820. The Morgan fingerprint density at radius 1 is 1.42 bits per heavy atom. The molecule has 0 saturated carbocycles. The molecule has 3 rings (SSSR count). The standard InChI is InChI=1S/C16H20N6OS/c1-4-21-12(3)13(9-18-21)14-10-24-16(19-14)20-15(23)8-11(2)22-7-5-6-17-22/h5-7,9-11H,4,8H2,1-3H3,(H,19,20,23)/t11-/m0/s1. The molecule has 0 unspecified atom stereocenters. The van der Waals surface area contributed by atoms with Gasteiger partial charge in [0.1, 0.15) is 0 Å². The topological polar surface area (TPSA) is 77.6 Å². The Balaban J connectivity index is 1.65. The molecule has 1 N–H and O–H groups in total. The van der Waals surface area contributed by atoms with Gasteiger partial charge in [-0.1, -0.05) is 0 Å². The summed E-state index contributed by atoms with van der Waals surface area (Å²) in [7, 11) is 0. The highest BCUT2D eigenvalue weighted by Gasteiger charge is 2.15. The second-order valence-electron chi connectivity index (χ2n) is 5.58. The van der Waals surface area contributed by atoms with Crippen molar-refractivity contribution in [1.82, 2.24) is 24.5 Å². The van der Waals surface area contributed by atoms with E-state index in [1.54, 1.807) is 10.9 Å². The predicted molar refractivity (Wildman–Crippen MR) is 93.9 cm³/mol. The zero-order valence-electron chi connectivity index (χ0n) is 13.9. The fourth-order valence-electron chi connectivity index (χ4n) is 2.55. The number of hydrogen-bond acceptors (Lipinski definition) is 5. The van der Waals surface area contributed by atoms with E-state index in [1.807, 2.05) is 42.4 Å². The summed E-state index contributed by atoms with van der Waals surface area (Å²) in [5.74, 6) is -0.0696. The molecule has 0 saturated heterocycles. The number of nitrogens with zero attached hydrogens (tertiary/aromatic N) is 5. The predicted octanol–water partition coefficient (Wildman–Crippen LogP) is 3.12. The number of amides is 1.